The maximum absolute atomic E-state index is 16.7. The number of piperazine rings is 1. The van der Waals surface area contributed by atoms with E-state index in [0.29, 0.717) is 40.7 Å². The van der Waals surface area contributed by atoms with Crippen LogP contribution in [0.5, 0.6) is 11.8 Å². The molecule has 0 spiro atoms. The molecule has 2 unspecified atom stereocenters. The number of piperidine rings is 1. The number of alkyl halides is 1. The molecule has 8 rings (SSSR count). The van der Waals surface area contributed by atoms with E-state index in [-0.39, 0.29) is 47.1 Å². The number of phenolic OH excluding ortho intramolecular Hbond substituents is 1. The maximum atomic E-state index is 16.7. The third-order valence-electron chi connectivity index (χ3n) is 9.74. The van der Waals surface area contributed by atoms with Crippen LogP contribution in [0.2, 0.25) is 0 Å². The quantitative estimate of drug-likeness (QED) is 0.336. The van der Waals surface area contributed by atoms with Crippen LogP contribution in [0.15, 0.2) is 42.5 Å². The molecule has 5 heterocycles. The second-order valence-corrected chi connectivity index (χ2v) is 12.2. The van der Waals surface area contributed by atoms with E-state index in [0.717, 1.165) is 44.3 Å². The summed E-state index contributed by atoms with van der Waals surface area (Å²) in [7, 11) is 0. The normalized spacial score (nSPS) is 26.8. The summed E-state index contributed by atoms with van der Waals surface area (Å²) in [5, 5.41) is 16.0. The van der Waals surface area contributed by atoms with Crippen LogP contribution in [0.25, 0.3) is 32.8 Å². The number of nitrogens with zero attached hydrogens (tertiary/aromatic N) is 4. The van der Waals surface area contributed by atoms with Crippen molar-refractivity contribution >= 4 is 27.5 Å². The van der Waals surface area contributed by atoms with Gasteiger partial charge in [0.05, 0.1) is 5.54 Å². The van der Waals surface area contributed by atoms with Gasteiger partial charge in [-0.3, -0.25) is 4.90 Å². The fourth-order valence-corrected chi connectivity index (χ4v) is 7.81. The van der Waals surface area contributed by atoms with Crippen molar-refractivity contribution in [3.05, 3.63) is 53.8 Å². The van der Waals surface area contributed by atoms with Gasteiger partial charge < -0.3 is 20.1 Å². The lowest BCUT2D eigenvalue weighted by Gasteiger charge is -2.54. The van der Waals surface area contributed by atoms with Crippen molar-refractivity contribution in [1.82, 2.24) is 20.2 Å². The predicted octanol–water partition coefficient (Wildman–Crippen LogP) is 4.78. The fourth-order valence-electron chi connectivity index (χ4n) is 7.81. The summed E-state index contributed by atoms with van der Waals surface area (Å²) in [4.78, 5) is 13.9. The zero-order valence-corrected chi connectivity index (χ0v) is 23.1. The Morgan fingerprint density at radius 3 is 2.81 bits per heavy atom. The van der Waals surface area contributed by atoms with Gasteiger partial charge >= 0.3 is 6.01 Å². The third-order valence-corrected chi connectivity index (χ3v) is 9.74. The van der Waals surface area contributed by atoms with E-state index in [1.165, 1.54) is 0 Å². The number of rotatable bonds is 5. The summed E-state index contributed by atoms with van der Waals surface area (Å²) in [5.41, 5.74) is 1.16. The van der Waals surface area contributed by atoms with Gasteiger partial charge in [-0.25, -0.2) is 8.78 Å². The van der Waals surface area contributed by atoms with Crippen LogP contribution in [-0.4, -0.2) is 76.6 Å². The zero-order valence-electron chi connectivity index (χ0n) is 23.1. The largest absolute Gasteiger partial charge is 0.508 e. The number of hydrogen-bond donors (Lipinski definition) is 2. The number of phenols is 1. The molecule has 1 aromatic heterocycles. The Bertz CT molecular complexity index is 1780. The molecule has 0 radical (unpaired) electrons. The number of benzene rings is 3. The first-order valence-corrected chi connectivity index (χ1v) is 14.7. The Balaban J connectivity index is 1.27. The second-order valence-electron chi connectivity index (χ2n) is 12.2. The molecule has 4 aliphatic heterocycles. The van der Waals surface area contributed by atoms with Crippen molar-refractivity contribution in [2.75, 3.05) is 37.7 Å². The minimum Gasteiger partial charge on any atom is -0.508 e. The maximum Gasteiger partial charge on any atom is 0.319 e. The molecule has 4 fully saturated rings. The van der Waals surface area contributed by atoms with Crippen LogP contribution in [0.1, 0.15) is 31.2 Å². The number of aromatic hydroxyl groups is 1. The average Bonchev–Trinajstić information content (AvgIpc) is 3.51. The van der Waals surface area contributed by atoms with E-state index in [1.54, 1.807) is 24.3 Å². The van der Waals surface area contributed by atoms with Gasteiger partial charge in [-0.1, -0.05) is 24.1 Å². The summed E-state index contributed by atoms with van der Waals surface area (Å²) in [6, 6.07) is 12.8. The molecule has 0 saturated carbocycles. The smallest absolute Gasteiger partial charge is 0.319 e. The molecule has 214 valence electrons. The number of nitrogens with one attached hydrogen (secondary N) is 1. The van der Waals surface area contributed by atoms with Crippen LogP contribution in [0.4, 0.5) is 14.6 Å². The second kappa shape index (κ2) is 9.51. The highest BCUT2D eigenvalue weighted by atomic mass is 19.1. The summed E-state index contributed by atoms with van der Waals surface area (Å²) < 4.78 is 37.4. The molecule has 4 atom stereocenters. The first kappa shape index (κ1) is 25.7. The van der Waals surface area contributed by atoms with Crippen molar-refractivity contribution in [2.45, 2.75) is 49.5 Å². The molecule has 4 aromatic rings. The molecule has 4 saturated heterocycles. The van der Waals surface area contributed by atoms with Crippen molar-refractivity contribution in [3.8, 4) is 35.2 Å². The van der Waals surface area contributed by atoms with Crippen molar-refractivity contribution in [2.24, 2.45) is 0 Å². The molecule has 0 amide bonds. The van der Waals surface area contributed by atoms with Crippen LogP contribution in [-0.2, 0) is 0 Å². The average molecular weight is 568 g/mol. The Labute approximate surface area is 242 Å². The van der Waals surface area contributed by atoms with Crippen LogP contribution in [0, 0.1) is 18.2 Å². The van der Waals surface area contributed by atoms with Gasteiger partial charge in [0.15, 0.2) is 5.82 Å². The Hall–Kier alpha value is -4.00. The molecule has 0 aliphatic carbocycles. The number of hydrogen-bond acceptors (Lipinski definition) is 7. The zero-order chi connectivity index (χ0) is 28.6. The lowest BCUT2D eigenvalue weighted by atomic mass is 9.88. The van der Waals surface area contributed by atoms with Gasteiger partial charge in [0, 0.05) is 60.0 Å². The lowest BCUT2D eigenvalue weighted by Crippen LogP contribution is -2.68. The van der Waals surface area contributed by atoms with Crippen molar-refractivity contribution in [3.63, 3.8) is 0 Å². The Morgan fingerprint density at radius 1 is 1.14 bits per heavy atom. The number of halogens is 2. The van der Waals surface area contributed by atoms with Gasteiger partial charge in [-0.05, 0) is 61.0 Å². The minimum atomic E-state index is -0.875. The van der Waals surface area contributed by atoms with E-state index in [1.807, 2.05) is 18.2 Å². The third kappa shape index (κ3) is 3.85. The van der Waals surface area contributed by atoms with E-state index < -0.39 is 12.0 Å². The summed E-state index contributed by atoms with van der Waals surface area (Å²) >= 11 is 0. The summed E-state index contributed by atoms with van der Waals surface area (Å²) in [6.07, 6.45) is 8.28. The molecule has 9 heteroatoms. The van der Waals surface area contributed by atoms with Crippen LogP contribution >= 0.6 is 0 Å². The number of anilines is 1. The Kier molecular flexibility index (Phi) is 5.82. The number of ether oxygens (including phenoxy) is 1. The highest BCUT2D eigenvalue weighted by Crippen LogP contribution is 2.43. The van der Waals surface area contributed by atoms with Crippen molar-refractivity contribution < 1.29 is 18.6 Å². The molecule has 2 bridgehead atoms. The topological polar surface area (TPSA) is 73.8 Å². The monoisotopic (exact) mass is 567 g/mol. The van der Waals surface area contributed by atoms with Gasteiger partial charge in [0.25, 0.3) is 0 Å². The number of aromatic nitrogens is 2. The Morgan fingerprint density at radius 2 is 2.00 bits per heavy atom. The van der Waals surface area contributed by atoms with E-state index in [2.05, 4.69) is 26.0 Å². The highest BCUT2D eigenvalue weighted by molar-refractivity contribution is 6.04. The first-order valence-electron chi connectivity index (χ1n) is 14.7. The molecule has 7 nitrogen and oxygen atoms in total. The fraction of sp³-hybridized carbons (Fsp3) is 0.394. The first-order chi connectivity index (χ1) is 20.4. The summed E-state index contributed by atoms with van der Waals surface area (Å²) in [5.74, 6) is 2.84. The van der Waals surface area contributed by atoms with Crippen molar-refractivity contribution in [1.29, 1.82) is 0 Å². The number of fused-ring (bicyclic) bond motifs is 5. The van der Waals surface area contributed by atoms with Gasteiger partial charge in [-0.2, -0.15) is 9.97 Å². The highest BCUT2D eigenvalue weighted by Gasteiger charge is 2.49. The molecule has 42 heavy (non-hydrogen) atoms. The van der Waals surface area contributed by atoms with Crippen LogP contribution < -0.4 is 15.0 Å². The van der Waals surface area contributed by atoms with E-state index in [9.17, 15) is 9.50 Å². The van der Waals surface area contributed by atoms with E-state index in [4.69, 9.17) is 16.1 Å². The number of terminal acetylenes is 1. The molecule has 4 aliphatic rings. The standard InChI is InChI=1S/C33H31F2N5O2/c1-2-19-5-3-6-20-11-24(41)13-27(28(19)20)25-7-8-26-30(29(25)35)37-32(38-31(26)40-22-12-23(40)16-36-15-22)42-18-33-9-4-10-39(33)17-21(34)14-33/h1,3,5-8,11,13,21-23,36,41H,4,9-10,12,14-18H2/t21-,22?,23?,33+/m1/s1. The molecule has 2 N–H and O–H groups in total. The molecule has 3 aromatic carbocycles. The molecular formula is C33H31F2N5O2. The molecular weight excluding hydrogens is 536 g/mol. The summed E-state index contributed by atoms with van der Waals surface area (Å²) in [6.45, 7) is 3.20. The van der Waals surface area contributed by atoms with Gasteiger partial charge in [0.2, 0.25) is 0 Å². The predicted molar refractivity (Wildman–Crippen MR) is 158 cm³/mol. The van der Waals surface area contributed by atoms with E-state index >= 15 is 4.39 Å². The minimum absolute atomic E-state index is 0.0163. The van der Waals surface area contributed by atoms with Crippen LogP contribution in [0.3, 0.4) is 0 Å². The van der Waals surface area contributed by atoms with Gasteiger partial charge in [-0.15, -0.1) is 6.42 Å². The van der Waals surface area contributed by atoms with Gasteiger partial charge in [0.1, 0.15) is 29.9 Å². The lowest BCUT2D eigenvalue weighted by molar-refractivity contribution is 0.107. The SMILES string of the molecule is C#Cc1cccc2cc(O)cc(-c3ccc4c(N5C6CNCC5C6)nc(OC[C@@]56CCCN5C[C@H](F)C6)nc4c3F)c12.